The van der Waals surface area contributed by atoms with Crippen LogP contribution in [0.4, 0.5) is 24.9 Å². The average Bonchev–Trinajstić information content (AvgIpc) is 2.55. The van der Waals surface area contributed by atoms with Gasteiger partial charge in [0.15, 0.2) is 0 Å². The molecule has 0 amide bonds. The van der Waals surface area contributed by atoms with E-state index in [0.29, 0.717) is 13.1 Å². The molecule has 3 rings (SSSR count). The third kappa shape index (κ3) is 3.93. The first kappa shape index (κ1) is 16.5. The Labute approximate surface area is 138 Å². The molecule has 5 nitrogen and oxygen atoms in total. The van der Waals surface area contributed by atoms with Gasteiger partial charge in [-0.15, -0.1) is 0 Å². The maximum Gasteiger partial charge on any atom is 0.433 e. The van der Waals surface area contributed by atoms with Crippen LogP contribution in [0.25, 0.3) is 0 Å². The molecule has 1 saturated heterocycles. The van der Waals surface area contributed by atoms with Crippen molar-refractivity contribution in [1.29, 1.82) is 0 Å². The molecular formula is C16H18F3N5. The summed E-state index contributed by atoms with van der Waals surface area (Å²) in [7, 11) is 0. The van der Waals surface area contributed by atoms with E-state index in [9.17, 15) is 13.2 Å². The number of anilines is 2. The van der Waals surface area contributed by atoms with Crippen LogP contribution in [0, 0.1) is 6.92 Å². The van der Waals surface area contributed by atoms with Gasteiger partial charge in [0.1, 0.15) is 11.5 Å². The summed E-state index contributed by atoms with van der Waals surface area (Å²) in [6.45, 7) is 3.13. The number of nitrogens with one attached hydrogen (secondary N) is 1. The lowest BCUT2D eigenvalue weighted by Crippen LogP contribution is -2.40. The highest BCUT2D eigenvalue weighted by Gasteiger charge is 2.33. The molecule has 128 valence electrons. The molecule has 3 heterocycles. The monoisotopic (exact) mass is 337 g/mol. The zero-order chi connectivity index (χ0) is 17.2. The van der Waals surface area contributed by atoms with Crippen molar-refractivity contribution >= 4 is 11.8 Å². The summed E-state index contributed by atoms with van der Waals surface area (Å²) < 4.78 is 38.2. The minimum atomic E-state index is -4.45. The number of rotatable bonds is 3. The van der Waals surface area contributed by atoms with Crippen molar-refractivity contribution in [3.05, 3.63) is 41.9 Å². The third-order valence-electron chi connectivity index (χ3n) is 3.95. The van der Waals surface area contributed by atoms with Crippen molar-refractivity contribution in [2.45, 2.75) is 32.0 Å². The van der Waals surface area contributed by atoms with E-state index in [1.54, 1.807) is 4.90 Å². The zero-order valence-corrected chi connectivity index (χ0v) is 13.2. The minimum absolute atomic E-state index is 0.136. The van der Waals surface area contributed by atoms with Gasteiger partial charge in [-0.05, 0) is 38.0 Å². The predicted molar refractivity (Wildman–Crippen MR) is 84.9 cm³/mol. The van der Waals surface area contributed by atoms with Gasteiger partial charge in [-0.1, -0.05) is 6.07 Å². The standard InChI is InChI=1S/C16H18F3N5/c1-11-3-2-4-14(21-11)22-12-6-9-24(10-7-12)15-20-8-5-13(23-15)16(17,18)19/h2-5,8,12H,6-7,9-10H2,1H3,(H,21,22). The molecule has 8 heteroatoms. The predicted octanol–water partition coefficient (Wildman–Crippen LogP) is 3.28. The van der Waals surface area contributed by atoms with Gasteiger partial charge in [0.05, 0.1) is 0 Å². The second-order valence-electron chi connectivity index (χ2n) is 5.81. The summed E-state index contributed by atoms with van der Waals surface area (Å²) in [5, 5.41) is 3.37. The van der Waals surface area contributed by atoms with Crippen LogP contribution < -0.4 is 10.2 Å². The van der Waals surface area contributed by atoms with Crippen LogP contribution in [-0.4, -0.2) is 34.1 Å². The molecule has 1 fully saturated rings. The minimum Gasteiger partial charge on any atom is -0.367 e. The fourth-order valence-corrected chi connectivity index (χ4v) is 2.72. The van der Waals surface area contributed by atoms with Gasteiger partial charge >= 0.3 is 6.18 Å². The number of hydrogen-bond acceptors (Lipinski definition) is 5. The number of halogens is 3. The SMILES string of the molecule is Cc1cccc(NC2CCN(c3nccc(C(F)(F)F)n3)CC2)n1. The van der Waals surface area contributed by atoms with Crippen molar-refractivity contribution in [3.8, 4) is 0 Å². The van der Waals surface area contributed by atoms with Crippen LogP contribution in [0.2, 0.25) is 0 Å². The van der Waals surface area contributed by atoms with E-state index in [2.05, 4.69) is 20.3 Å². The summed E-state index contributed by atoms with van der Waals surface area (Å²) in [4.78, 5) is 13.8. The zero-order valence-electron chi connectivity index (χ0n) is 13.2. The third-order valence-corrected chi connectivity index (χ3v) is 3.95. The highest BCUT2D eigenvalue weighted by atomic mass is 19.4. The number of alkyl halides is 3. The number of hydrogen-bond donors (Lipinski definition) is 1. The van der Waals surface area contributed by atoms with Gasteiger partial charge in [-0.25, -0.2) is 15.0 Å². The first-order valence-corrected chi connectivity index (χ1v) is 7.77. The molecular weight excluding hydrogens is 319 g/mol. The van der Waals surface area contributed by atoms with Gasteiger partial charge in [-0.2, -0.15) is 13.2 Å². The van der Waals surface area contributed by atoms with Gasteiger partial charge in [-0.3, -0.25) is 0 Å². The largest absolute Gasteiger partial charge is 0.433 e. The van der Waals surface area contributed by atoms with Gasteiger partial charge in [0.25, 0.3) is 0 Å². The lowest BCUT2D eigenvalue weighted by atomic mass is 10.1. The van der Waals surface area contributed by atoms with Crippen molar-refractivity contribution in [2.24, 2.45) is 0 Å². The maximum absolute atomic E-state index is 12.7. The molecule has 0 spiro atoms. The maximum atomic E-state index is 12.7. The van der Waals surface area contributed by atoms with Crippen LogP contribution >= 0.6 is 0 Å². The van der Waals surface area contributed by atoms with Crippen molar-refractivity contribution in [3.63, 3.8) is 0 Å². The highest BCUT2D eigenvalue weighted by molar-refractivity contribution is 5.38. The smallest absolute Gasteiger partial charge is 0.367 e. The second kappa shape index (κ2) is 6.62. The van der Waals surface area contributed by atoms with Crippen LogP contribution in [0.5, 0.6) is 0 Å². The Kier molecular flexibility index (Phi) is 4.55. The van der Waals surface area contributed by atoms with E-state index in [4.69, 9.17) is 0 Å². The number of aryl methyl sites for hydroxylation is 1. The Bertz CT molecular complexity index is 696. The summed E-state index contributed by atoms with van der Waals surface area (Å²) >= 11 is 0. The molecule has 0 atom stereocenters. The fraction of sp³-hybridized carbons (Fsp3) is 0.438. The van der Waals surface area contributed by atoms with E-state index in [1.165, 1.54) is 0 Å². The van der Waals surface area contributed by atoms with Crippen molar-refractivity contribution in [2.75, 3.05) is 23.3 Å². The summed E-state index contributed by atoms with van der Waals surface area (Å²) in [5.41, 5.74) is 0.0338. The van der Waals surface area contributed by atoms with Crippen LogP contribution in [0.1, 0.15) is 24.2 Å². The number of piperidine rings is 1. The molecule has 1 N–H and O–H groups in total. The summed E-state index contributed by atoms with van der Waals surface area (Å²) in [6.07, 6.45) is -1.72. The van der Waals surface area contributed by atoms with Crippen LogP contribution in [0.3, 0.4) is 0 Å². The lowest BCUT2D eigenvalue weighted by molar-refractivity contribution is -0.141. The Morgan fingerprint density at radius 2 is 1.88 bits per heavy atom. The quantitative estimate of drug-likeness (QED) is 0.931. The first-order chi connectivity index (χ1) is 11.4. The second-order valence-corrected chi connectivity index (χ2v) is 5.81. The molecule has 0 aliphatic carbocycles. The average molecular weight is 337 g/mol. The fourth-order valence-electron chi connectivity index (χ4n) is 2.72. The topological polar surface area (TPSA) is 53.9 Å². The molecule has 0 radical (unpaired) electrons. The van der Waals surface area contributed by atoms with E-state index in [-0.39, 0.29) is 12.0 Å². The summed E-state index contributed by atoms with van der Waals surface area (Å²) in [6, 6.07) is 6.91. The normalized spacial score (nSPS) is 16.2. The number of aromatic nitrogens is 3. The number of nitrogens with zero attached hydrogens (tertiary/aromatic N) is 4. The molecule has 1 aliphatic rings. The van der Waals surface area contributed by atoms with Crippen LogP contribution in [0.15, 0.2) is 30.5 Å². The molecule has 24 heavy (non-hydrogen) atoms. The molecule has 0 bridgehead atoms. The lowest BCUT2D eigenvalue weighted by Gasteiger charge is -2.32. The van der Waals surface area contributed by atoms with Crippen LogP contribution in [-0.2, 0) is 6.18 Å². The van der Waals surface area contributed by atoms with E-state index >= 15 is 0 Å². The molecule has 2 aromatic heterocycles. The van der Waals surface area contributed by atoms with Gasteiger partial charge in [0, 0.05) is 31.0 Å². The highest BCUT2D eigenvalue weighted by Crippen LogP contribution is 2.28. The van der Waals surface area contributed by atoms with E-state index < -0.39 is 11.9 Å². The Morgan fingerprint density at radius 3 is 2.54 bits per heavy atom. The molecule has 0 saturated carbocycles. The molecule has 0 unspecified atom stereocenters. The van der Waals surface area contributed by atoms with Gasteiger partial charge in [0.2, 0.25) is 5.95 Å². The van der Waals surface area contributed by atoms with Gasteiger partial charge < -0.3 is 10.2 Å². The van der Waals surface area contributed by atoms with E-state index in [0.717, 1.165) is 36.6 Å². The Balaban J connectivity index is 1.61. The Hall–Kier alpha value is -2.38. The molecule has 0 aromatic carbocycles. The summed E-state index contributed by atoms with van der Waals surface area (Å²) in [5.74, 6) is 0.959. The van der Waals surface area contributed by atoms with E-state index in [1.807, 2.05) is 25.1 Å². The first-order valence-electron chi connectivity index (χ1n) is 7.77. The number of pyridine rings is 1. The Morgan fingerprint density at radius 1 is 1.12 bits per heavy atom. The van der Waals surface area contributed by atoms with Crippen molar-refractivity contribution < 1.29 is 13.2 Å². The van der Waals surface area contributed by atoms with Crippen molar-refractivity contribution in [1.82, 2.24) is 15.0 Å². The molecule has 2 aromatic rings. The molecule has 1 aliphatic heterocycles.